The van der Waals surface area contributed by atoms with Crippen molar-refractivity contribution in [3.63, 3.8) is 0 Å². The average Bonchev–Trinajstić information content (AvgIpc) is 2.96. The first-order chi connectivity index (χ1) is 19.1. The topological polar surface area (TPSA) is 82.6 Å². The molecule has 0 bridgehead atoms. The third-order valence-corrected chi connectivity index (χ3v) is 9.50. The van der Waals surface area contributed by atoms with Crippen LogP contribution in [0.2, 0.25) is 0 Å². The fourth-order valence-corrected chi connectivity index (χ4v) is 6.62. The van der Waals surface area contributed by atoms with E-state index in [1.54, 1.807) is 19.0 Å². The van der Waals surface area contributed by atoms with Crippen LogP contribution in [0.15, 0.2) is 48.5 Å². The highest BCUT2D eigenvalue weighted by Gasteiger charge is 2.23. The maximum Gasteiger partial charge on any atom is 0.175 e. The predicted octanol–water partition coefficient (Wildman–Crippen LogP) is 2.22. The molecule has 0 unspecified atom stereocenters. The van der Waals surface area contributed by atoms with Gasteiger partial charge in [-0.1, -0.05) is 24.4 Å². The summed E-state index contributed by atoms with van der Waals surface area (Å²) in [7, 11) is -0.405. The SMILES string of the molecule is CN(CC(=O)CS(=O)(=O)CN(C)C(=S)c1ccc(N2CCOCC2)cc1)C(=S)c1ccc(N2CCOCC2)cc1. The molecule has 9 nitrogen and oxygen atoms in total. The summed E-state index contributed by atoms with van der Waals surface area (Å²) in [5.41, 5.74) is 3.72. The maximum atomic E-state index is 12.9. The molecule has 0 radical (unpaired) electrons. The Bertz CT molecular complexity index is 1290. The van der Waals surface area contributed by atoms with Crippen LogP contribution < -0.4 is 9.80 Å². The summed E-state index contributed by atoms with van der Waals surface area (Å²) in [6.07, 6.45) is 0. The zero-order valence-electron chi connectivity index (χ0n) is 23.0. The zero-order chi connectivity index (χ0) is 28.7. The van der Waals surface area contributed by atoms with Gasteiger partial charge in [-0.15, -0.1) is 0 Å². The molecule has 40 heavy (non-hydrogen) atoms. The summed E-state index contributed by atoms with van der Waals surface area (Å²) >= 11 is 11.1. The van der Waals surface area contributed by atoms with Crippen LogP contribution in [-0.4, -0.2) is 119 Å². The highest BCUT2D eigenvalue weighted by Crippen LogP contribution is 2.19. The summed E-state index contributed by atoms with van der Waals surface area (Å²) in [5, 5.41) is 0. The summed E-state index contributed by atoms with van der Waals surface area (Å²) in [4.78, 5) is 21.2. The summed E-state index contributed by atoms with van der Waals surface area (Å²) in [6, 6.07) is 15.6. The second-order valence-electron chi connectivity index (χ2n) is 10.0. The molecule has 2 saturated heterocycles. The van der Waals surface area contributed by atoms with Crippen LogP contribution in [0.5, 0.6) is 0 Å². The number of nitrogens with zero attached hydrogens (tertiary/aromatic N) is 4. The second-order valence-corrected chi connectivity index (χ2v) is 12.8. The molecule has 0 spiro atoms. The van der Waals surface area contributed by atoms with E-state index in [-0.39, 0.29) is 12.4 Å². The molecule has 0 aliphatic carbocycles. The van der Waals surface area contributed by atoms with Gasteiger partial charge in [0.2, 0.25) is 0 Å². The van der Waals surface area contributed by atoms with E-state index in [2.05, 4.69) is 9.80 Å². The van der Waals surface area contributed by atoms with Gasteiger partial charge >= 0.3 is 0 Å². The molecule has 0 atom stereocenters. The van der Waals surface area contributed by atoms with Crippen molar-refractivity contribution in [3.05, 3.63) is 59.7 Å². The molecule has 2 heterocycles. The van der Waals surface area contributed by atoms with Crippen LogP contribution in [0.1, 0.15) is 11.1 Å². The van der Waals surface area contributed by atoms with Gasteiger partial charge in [0.25, 0.3) is 0 Å². The number of ketones is 1. The Morgan fingerprint density at radius 1 is 0.750 bits per heavy atom. The van der Waals surface area contributed by atoms with Crippen molar-refractivity contribution < 1.29 is 22.7 Å². The number of ether oxygens (including phenoxy) is 2. The Kier molecular flexibility index (Phi) is 10.5. The molecule has 0 aromatic heterocycles. The summed E-state index contributed by atoms with van der Waals surface area (Å²) < 4.78 is 36.5. The van der Waals surface area contributed by atoms with Crippen LogP contribution in [0.3, 0.4) is 0 Å². The summed E-state index contributed by atoms with van der Waals surface area (Å²) in [5.74, 6) is -1.36. The highest BCUT2D eigenvalue weighted by atomic mass is 32.2. The number of carbonyl (C=O) groups excluding carboxylic acids is 1. The van der Waals surface area contributed by atoms with Gasteiger partial charge in [-0.3, -0.25) is 4.79 Å². The van der Waals surface area contributed by atoms with Crippen molar-refractivity contribution in [1.82, 2.24) is 9.80 Å². The van der Waals surface area contributed by atoms with Gasteiger partial charge in [0.05, 0.1) is 33.0 Å². The molecule has 4 rings (SSSR count). The lowest BCUT2D eigenvalue weighted by molar-refractivity contribution is -0.116. The molecule has 2 aromatic carbocycles. The highest BCUT2D eigenvalue weighted by molar-refractivity contribution is 7.92. The number of morpholine rings is 2. The minimum atomic E-state index is -3.73. The number of thiocarbonyl (C=S) groups is 2. The van der Waals surface area contributed by atoms with Crippen LogP contribution in [0.4, 0.5) is 11.4 Å². The number of Topliss-reactive ketones (excluding diaryl/α,β-unsaturated/α-hetero) is 1. The number of hydrogen-bond acceptors (Lipinski definition) is 9. The minimum absolute atomic E-state index is 0.0968. The molecule has 12 heteroatoms. The number of sulfone groups is 1. The monoisotopic (exact) mass is 604 g/mol. The molecule has 2 fully saturated rings. The van der Waals surface area contributed by atoms with E-state index < -0.39 is 21.4 Å². The predicted molar refractivity (Wildman–Crippen MR) is 166 cm³/mol. The number of likely N-dealkylation sites (N-methyl/N-ethyl adjacent to an activating group) is 1. The summed E-state index contributed by atoms with van der Waals surface area (Å²) in [6.45, 7) is 6.05. The Morgan fingerprint density at radius 3 is 1.57 bits per heavy atom. The number of benzene rings is 2. The fourth-order valence-electron chi connectivity index (χ4n) is 4.74. The van der Waals surface area contributed by atoms with Gasteiger partial charge in [0.1, 0.15) is 21.6 Å². The Labute approximate surface area is 247 Å². The van der Waals surface area contributed by atoms with Crippen molar-refractivity contribution in [1.29, 1.82) is 0 Å². The van der Waals surface area contributed by atoms with Gasteiger partial charge in [-0.2, -0.15) is 0 Å². The number of carbonyl (C=O) groups is 1. The van der Waals surface area contributed by atoms with Crippen LogP contribution in [-0.2, 0) is 24.1 Å². The number of hydrogen-bond donors (Lipinski definition) is 0. The molecule has 2 aliphatic heterocycles. The molecule has 0 saturated carbocycles. The second kappa shape index (κ2) is 13.8. The quantitative estimate of drug-likeness (QED) is 0.375. The van der Waals surface area contributed by atoms with E-state index in [1.165, 1.54) is 4.90 Å². The number of anilines is 2. The Balaban J connectivity index is 1.27. The molecular weight excluding hydrogens is 569 g/mol. The molecule has 216 valence electrons. The number of rotatable bonds is 10. The van der Waals surface area contributed by atoms with Gasteiger partial charge in [-0.25, -0.2) is 8.42 Å². The minimum Gasteiger partial charge on any atom is -0.378 e. The third-order valence-electron chi connectivity index (χ3n) is 6.86. The van der Waals surface area contributed by atoms with Crippen LogP contribution in [0, 0.1) is 0 Å². The van der Waals surface area contributed by atoms with E-state index in [0.717, 1.165) is 48.7 Å². The van der Waals surface area contributed by atoms with Gasteiger partial charge in [0.15, 0.2) is 15.6 Å². The first kappa shape index (κ1) is 30.3. The standard InChI is InChI=1S/C28H36N4O5S3/c1-29(27(38)22-3-7-24(8-4-22)31-11-15-36-16-12-31)19-26(33)20-40(34,35)21-30(2)28(39)23-5-9-25(10-6-23)32-13-17-37-18-14-32/h3-10H,11-21H2,1-2H3. The van der Waals surface area contributed by atoms with Crippen molar-refractivity contribution in [3.8, 4) is 0 Å². The molecule has 2 aromatic rings. The molecule has 0 amide bonds. The Morgan fingerprint density at radius 2 is 1.15 bits per heavy atom. The van der Waals surface area contributed by atoms with Gasteiger partial charge in [0, 0.05) is 62.8 Å². The van der Waals surface area contributed by atoms with Crippen molar-refractivity contribution >= 4 is 61.4 Å². The molecule has 0 N–H and O–H groups in total. The van der Waals surface area contributed by atoms with Crippen LogP contribution >= 0.6 is 24.4 Å². The smallest absolute Gasteiger partial charge is 0.175 e. The third kappa shape index (κ3) is 8.20. The van der Waals surface area contributed by atoms with E-state index in [1.807, 2.05) is 48.5 Å². The van der Waals surface area contributed by atoms with Crippen molar-refractivity contribution in [2.24, 2.45) is 0 Å². The normalized spacial score (nSPS) is 15.9. The van der Waals surface area contributed by atoms with E-state index in [0.29, 0.717) is 36.4 Å². The van der Waals surface area contributed by atoms with Crippen molar-refractivity contribution in [2.75, 3.05) is 94.7 Å². The van der Waals surface area contributed by atoms with Gasteiger partial charge < -0.3 is 29.1 Å². The first-order valence-electron chi connectivity index (χ1n) is 13.2. The lowest BCUT2D eigenvalue weighted by Gasteiger charge is -2.29. The molecular formula is C28H36N4O5S3. The van der Waals surface area contributed by atoms with E-state index in [4.69, 9.17) is 33.9 Å². The largest absolute Gasteiger partial charge is 0.378 e. The fraction of sp³-hybridized carbons (Fsp3) is 0.464. The average molecular weight is 605 g/mol. The van der Waals surface area contributed by atoms with Crippen molar-refractivity contribution in [2.45, 2.75) is 0 Å². The van der Waals surface area contributed by atoms with E-state index in [9.17, 15) is 13.2 Å². The van der Waals surface area contributed by atoms with Gasteiger partial charge in [-0.05, 0) is 48.5 Å². The Hall–Kier alpha value is -2.64. The van der Waals surface area contributed by atoms with E-state index >= 15 is 0 Å². The molecule has 2 aliphatic rings. The lowest BCUT2D eigenvalue weighted by atomic mass is 10.1. The van der Waals surface area contributed by atoms with Crippen LogP contribution in [0.25, 0.3) is 0 Å². The first-order valence-corrected chi connectivity index (χ1v) is 15.9. The lowest BCUT2D eigenvalue weighted by Crippen LogP contribution is -2.38. The maximum absolute atomic E-state index is 12.9. The zero-order valence-corrected chi connectivity index (χ0v) is 25.4.